The first kappa shape index (κ1) is 13.0. The van der Waals surface area contributed by atoms with Crippen LogP contribution in [0.1, 0.15) is 39.0 Å². The summed E-state index contributed by atoms with van der Waals surface area (Å²) in [5.41, 5.74) is 4.96. The number of carbonyl (C=O) groups is 2. The van der Waals surface area contributed by atoms with Gasteiger partial charge in [0, 0.05) is 0 Å². The molecule has 0 aromatic rings. The molecule has 0 unspecified atom stereocenters. The minimum atomic E-state index is -0.771. The van der Waals surface area contributed by atoms with Gasteiger partial charge in [-0.1, -0.05) is 32.6 Å². The summed E-state index contributed by atoms with van der Waals surface area (Å²) in [6, 6.07) is 0. The number of primary amides is 1. The summed E-state index contributed by atoms with van der Waals surface area (Å²) in [6.45, 7) is 2.54. The molecule has 5 heteroatoms. The zero-order valence-electron chi connectivity index (χ0n) is 9.61. The fraction of sp³-hybridized carbons (Fsp3) is 0.818. The Hall–Kier alpha value is -1.10. The first-order valence-corrected chi connectivity index (χ1v) is 5.78. The number of epoxide rings is 1. The lowest BCUT2D eigenvalue weighted by Crippen LogP contribution is -2.24. The van der Waals surface area contributed by atoms with Crippen molar-refractivity contribution in [1.29, 1.82) is 0 Å². The number of nitrogens with two attached hydrogens (primary N) is 1. The Morgan fingerprint density at radius 3 is 2.44 bits per heavy atom. The topological polar surface area (TPSA) is 81.9 Å². The van der Waals surface area contributed by atoms with Gasteiger partial charge in [-0.05, 0) is 6.42 Å². The molecular weight excluding hydrogens is 210 g/mol. The van der Waals surface area contributed by atoms with Crippen LogP contribution in [0.3, 0.4) is 0 Å². The van der Waals surface area contributed by atoms with E-state index in [0.717, 1.165) is 19.3 Å². The van der Waals surface area contributed by atoms with E-state index in [-0.39, 0.29) is 0 Å². The van der Waals surface area contributed by atoms with Crippen LogP contribution < -0.4 is 5.73 Å². The van der Waals surface area contributed by atoms with Crippen molar-refractivity contribution >= 4 is 11.9 Å². The fourth-order valence-corrected chi connectivity index (χ4v) is 1.47. The summed E-state index contributed by atoms with van der Waals surface area (Å²) >= 11 is 0. The van der Waals surface area contributed by atoms with Crippen molar-refractivity contribution in [1.82, 2.24) is 0 Å². The van der Waals surface area contributed by atoms with Crippen molar-refractivity contribution in [3.63, 3.8) is 0 Å². The number of esters is 1. The van der Waals surface area contributed by atoms with Crippen molar-refractivity contribution in [2.45, 2.75) is 51.2 Å². The molecular formula is C11H19NO4. The Labute approximate surface area is 95.3 Å². The molecule has 2 N–H and O–H groups in total. The standard InChI is InChI=1S/C11H19NO4/c1-2-3-4-5-6-7-15-11(14)9-8(16-9)10(12)13/h8-9H,2-7H2,1H3,(H2,12,13)/t8-,9+/m0/s1. The highest BCUT2D eigenvalue weighted by molar-refractivity contribution is 5.91. The molecule has 0 aromatic heterocycles. The number of rotatable bonds is 8. The summed E-state index contributed by atoms with van der Waals surface area (Å²) in [5.74, 6) is -1.08. The minimum Gasteiger partial charge on any atom is -0.464 e. The molecule has 1 amide bonds. The van der Waals surface area contributed by atoms with Gasteiger partial charge in [-0.2, -0.15) is 0 Å². The van der Waals surface area contributed by atoms with Crippen LogP contribution in [0.25, 0.3) is 0 Å². The van der Waals surface area contributed by atoms with Crippen LogP contribution in [0.4, 0.5) is 0 Å². The maximum atomic E-state index is 11.3. The number of hydrogen-bond acceptors (Lipinski definition) is 4. The molecule has 0 bridgehead atoms. The summed E-state index contributed by atoms with van der Waals surface area (Å²) in [5, 5.41) is 0. The maximum Gasteiger partial charge on any atom is 0.338 e. The molecule has 1 fully saturated rings. The second-order valence-electron chi connectivity index (χ2n) is 3.96. The first-order chi connectivity index (χ1) is 7.66. The number of hydrogen-bond donors (Lipinski definition) is 1. The smallest absolute Gasteiger partial charge is 0.338 e. The summed E-state index contributed by atoms with van der Waals surface area (Å²) in [4.78, 5) is 21.9. The van der Waals surface area contributed by atoms with Crippen molar-refractivity contribution < 1.29 is 19.1 Å². The molecule has 92 valence electrons. The SMILES string of the molecule is CCCCCCCOC(=O)[C@@H]1O[C@@H]1C(N)=O. The Balaban J connectivity index is 1.98. The normalized spacial score (nSPS) is 22.8. The molecule has 1 rings (SSSR count). The van der Waals surface area contributed by atoms with Crippen molar-refractivity contribution in [2.24, 2.45) is 5.73 Å². The van der Waals surface area contributed by atoms with E-state index in [1.807, 2.05) is 0 Å². The van der Waals surface area contributed by atoms with Gasteiger partial charge in [0.1, 0.15) is 0 Å². The third-order valence-corrected chi connectivity index (χ3v) is 2.50. The van der Waals surface area contributed by atoms with Gasteiger partial charge in [-0.3, -0.25) is 4.79 Å². The van der Waals surface area contributed by atoms with Gasteiger partial charge in [0.2, 0.25) is 5.91 Å². The van der Waals surface area contributed by atoms with E-state index in [0.29, 0.717) is 6.61 Å². The predicted octanol–water partition coefficient (Wildman–Crippen LogP) is 0.753. The molecule has 1 heterocycles. The second-order valence-corrected chi connectivity index (χ2v) is 3.96. The Kier molecular flexibility index (Phi) is 5.25. The minimum absolute atomic E-state index is 0.397. The molecule has 0 aliphatic carbocycles. The van der Waals surface area contributed by atoms with Crippen LogP contribution >= 0.6 is 0 Å². The molecule has 2 atom stereocenters. The van der Waals surface area contributed by atoms with Crippen LogP contribution in [0, 0.1) is 0 Å². The molecule has 1 aliphatic heterocycles. The van der Waals surface area contributed by atoms with E-state index in [4.69, 9.17) is 15.2 Å². The highest BCUT2D eigenvalue weighted by atomic mass is 16.6. The number of unbranched alkanes of at least 4 members (excludes halogenated alkanes) is 4. The lowest BCUT2D eigenvalue weighted by Gasteiger charge is -2.02. The summed E-state index contributed by atoms with van der Waals surface area (Å²) < 4.78 is 9.74. The van der Waals surface area contributed by atoms with Crippen LogP contribution in [0.2, 0.25) is 0 Å². The zero-order chi connectivity index (χ0) is 12.0. The largest absolute Gasteiger partial charge is 0.464 e. The van der Waals surface area contributed by atoms with Crippen LogP contribution in [0.15, 0.2) is 0 Å². The average molecular weight is 229 g/mol. The van der Waals surface area contributed by atoms with Gasteiger partial charge in [0.15, 0.2) is 12.2 Å². The Bertz CT molecular complexity index is 254. The molecule has 1 aliphatic rings. The van der Waals surface area contributed by atoms with Gasteiger partial charge in [-0.25, -0.2) is 4.79 Å². The third kappa shape index (κ3) is 4.18. The lowest BCUT2D eigenvalue weighted by atomic mass is 10.2. The summed E-state index contributed by atoms with van der Waals surface area (Å²) in [7, 11) is 0. The molecule has 16 heavy (non-hydrogen) atoms. The van der Waals surface area contributed by atoms with Crippen LogP contribution in [-0.2, 0) is 19.1 Å². The van der Waals surface area contributed by atoms with E-state index < -0.39 is 24.1 Å². The summed E-state index contributed by atoms with van der Waals surface area (Å²) in [6.07, 6.45) is 3.96. The molecule has 5 nitrogen and oxygen atoms in total. The number of amides is 1. The molecule has 0 spiro atoms. The quantitative estimate of drug-likeness (QED) is 0.378. The van der Waals surface area contributed by atoms with E-state index in [1.165, 1.54) is 12.8 Å². The molecule has 1 saturated heterocycles. The van der Waals surface area contributed by atoms with Gasteiger partial charge in [0.05, 0.1) is 6.61 Å². The molecule has 0 saturated carbocycles. The van der Waals surface area contributed by atoms with E-state index >= 15 is 0 Å². The maximum absolute atomic E-state index is 11.3. The van der Waals surface area contributed by atoms with Crippen LogP contribution in [-0.4, -0.2) is 30.7 Å². The van der Waals surface area contributed by atoms with Crippen molar-refractivity contribution in [2.75, 3.05) is 6.61 Å². The van der Waals surface area contributed by atoms with Crippen LogP contribution in [0.5, 0.6) is 0 Å². The lowest BCUT2D eigenvalue weighted by molar-refractivity contribution is -0.145. The van der Waals surface area contributed by atoms with Gasteiger partial charge in [-0.15, -0.1) is 0 Å². The monoisotopic (exact) mass is 229 g/mol. The van der Waals surface area contributed by atoms with Gasteiger partial charge >= 0.3 is 5.97 Å². The highest BCUT2D eigenvalue weighted by Crippen LogP contribution is 2.22. The van der Waals surface area contributed by atoms with Crippen molar-refractivity contribution in [3.8, 4) is 0 Å². The zero-order valence-corrected chi connectivity index (χ0v) is 9.61. The second kappa shape index (κ2) is 6.48. The fourth-order valence-electron chi connectivity index (χ4n) is 1.47. The van der Waals surface area contributed by atoms with Gasteiger partial charge < -0.3 is 15.2 Å². The Morgan fingerprint density at radius 2 is 1.88 bits per heavy atom. The predicted molar refractivity (Wildman–Crippen MR) is 57.6 cm³/mol. The van der Waals surface area contributed by atoms with E-state index in [9.17, 15) is 9.59 Å². The third-order valence-electron chi connectivity index (χ3n) is 2.50. The average Bonchev–Trinajstić information content (AvgIpc) is 3.02. The first-order valence-electron chi connectivity index (χ1n) is 5.78. The number of carbonyl (C=O) groups excluding carboxylic acids is 2. The highest BCUT2D eigenvalue weighted by Gasteiger charge is 2.50. The molecule has 0 aromatic carbocycles. The number of ether oxygens (including phenoxy) is 2. The molecule has 0 radical (unpaired) electrons. The van der Waals surface area contributed by atoms with Crippen molar-refractivity contribution in [3.05, 3.63) is 0 Å². The Morgan fingerprint density at radius 1 is 1.19 bits per heavy atom. The van der Waals surface area contributed by atoms with E-state index in [1.54, 1.807) is 0 Å². The van der Waals surface area contributed by atoms with E-state index in [2.05, 4.69) is 6.92 Å². The van der Waals surface area contributed by atoms with Gasteiger partial charge in [0.25, 0.3) is 0 Å².